The summed E-state index contributed by atoms with van der Waals surface area (Å²) < 4.78 is 22.5. The number of phosphoric acid groups is 1. The summed E-state index contributed by atoms with van der Waals surface area (Å²) in [6.45, 7) is -0.0156. The van der Waals surface area contributed by atoms with Gasteiger partial charge < -0.3 is 34.6 Å². The maximum atomic E-state index is 10.9. The molecule has 4 rings (SSSR count). The maximum Gasteiger partial charge on any atom is 0.469 e. The third-order valence-corrected chi connectivity index (χ3v) is 5.32. The van der Waals surface area contributed by atoms with E-state index in [1.807, 2.05) is 30.3 Å². The molecule has 4 unspecified atom stereocenters. The normalized spacial score (nSPS) is 24.4. The number of nitrogens with one attached hydrogen (secondary N) is 1. The molecule has 0 saturated carbocycles. The fraction of sp³-hybridized carbons (Fsp3) is 0.333. The number of rotatable bonds is 7. The van der Waals surface area contributed by atoms with Crippen molar-refractivity contribution in [2.24, 2.45) is 0 Å². The fourth-order valence-corrected chi connectivity index (χ4v) is 3.71. The molecule has 30 heavy (non-hydrogen) atoms. The van der Waals surface area contributed by atoms with Crippen LogP contribution in [-0.2, 0) is 20.4 Å². The number of hydrogen-bond donors (Lipinski definition) is 5. The van der Waals surface area contributed by atoms with Crippen LogP contribution in [0.4, 0.5) is 5.82 Å². The lowest BCUT2D eigenvalue weighted by atomic mass is 10.1. The number of aliphatic hydroxyl groups is 2. The van der Waals surface area contributed by atoms with Gasteiger partial charge >= 0.3 is 7.82 Å². The van der Waals surface area contributed by atoms with E-state index in [0.717, 1.165) is 5.56 Å². The highest BCUT2D eigenvalue weighted by Crippen LogP contribution is 2.39. The molecule has 0 radical (unpaired) electrons. The van der Waals surface area contributed by atoms with Crippen molar-refractivity contribution in [3.05, 3.63) is 54.5 Å². The zero-order chi connectivity index (χ0) is 21.3. The molecule has 4 atom stereocenters. The van der Waals surface area contributed by atoms with Gasteiger partial charge in [-0.2, -0.15) is 0 Å². The topological polar surface area (TPSA) is 159 Å². The van der Waals surface area contributed by atoms with Crippen LogP contribution >= 0.6 is 7.82 Å². The van der Waals surface area contributed by atoms with Gasteiger partial charge in [-0.05, 0) is 11.6 Å². The molecule has 1 fully saturated rings. The first kappa shape index (κ1) is 20.9. The molecule has 1 saturated heterocycles. The van der Waals surface area contributed by atoms with E-state index in [0.29, 0.717) is 23.4 Å². The molecule has 0 bridgehead atoms. The average molecular weight is 436 g/mol. The average Bonchev–Trinajstić information content (AvgIpc) is 3.27. The molecule has 3 heterocycles. The lowest BCUT2D eigenvalue weighted by Crippen LogP contribution is -2.33. The van der Waals surface area contributed by atoms with Gasteiger partial charge in [0.1, 0.15) is 36.1 Å². The Morgan fingerprint density at radius 3 is 2.63 bits per heavy atom. The summed E-state index contributed by atoms with van der Waals surface area (Å²) in [5.74, 6) is 0.594. The third kappa shape index (κ3) is 4.37. The van der Waals surface area contributed by atoms with E-state index in [-0.39, 0.29) is 0 Å². The van der Waals surface area contributed by atoms with Crippen LogP contribution in [0.1, 0.15) is 11.8 Å². The first-order valence-corrected chi connectivity index (χ1v) is 10.7. The number of anilines is 1. The summed E-state index contributed by atoms with van der Waals surface area (Å²) in [7, 11) is -4.73. The largest absolute Gasteiger partial charge is 0.469 e. The number of benzene rings is 1. The Hall–Kier alpha value is -2.37. The Kier molecular flexibility index (Phi) is 5.85. The minimum absolute atomic E-state index is 0.466. The van der Waals surface area contributed by atoms with Crippen molar-refractivity contribution in [3.63, 3.8) is 0 Å². The van der Waals surface area contributed by atoms with Crippen LogP contribution < -0.4 is 5.32 Å². The molecule has 1 aliphatic rings. The summed E-state index contributed by atoms with van der Waals surface area (Å²) in [4.78, 5) is 26.2. The van der Waals surface area contributed by atoms with E-state index < -0.39 is 39.0 Å². The molecule has 0 aliphatic carbocycles. The van der Waals surface area contributed by atoms with Crippen molar-refractivity contribution in [1.82, 2.24) is 14.5 Å². The second-order valence-corrected chi connectivity index (χ2v) is 8.09. The van der Waals surface area contributed by atoms with Crippen LogP contribution in [0.3, 0.4) is 0 Å². The van der Waals surface area contributed by atoms with Crippen molar-refractivity contribution in [3.8, 4) is 0 Å². The number of ether oxygens (including phenoxy) is 1. The van der Waals surface area contributed by atoms with Gasteiger partial charge in [-0.3, -0.25) is 4.52 Å². The lowest BCUT2D eigenvalue weighted by molar-refractivity contribution is -0.0501. The second-order valence-electron chi connectivity index (χ2n) is 6.85. The number of hydrogen-bond acceptors (Lipinski definition) is 8. The SMILES string of the molecule is O=P(O)(O)OCC1OC(n2ccc3c(NCc4ccccc4)ncnc32)C(O)C1O. The quantitative estimate of drug-likeness (QED) is 0.335. The molecule has 11 nitrogen and oxygen atoms in total. The van der Waals surface area contributed by atoms with Gasteiger partial charge in [0, 0.05) is 12.7 Å². The minimum atomic E-state index is -4.73. The summed E-state index contributed by atoms with van der Waals surface area (Å²) >= 11 is 0. The molecule has 0 amide bonds. The van der Waals surface area contributed by atoms with Crippen LogP contribution in [0.25, 0.3) is 11.0 Å². The van der Waals surface area contributed by atoms with E-state index in [4.69, 9.17) is 14.5 Å². The van der Waals surface area contributed by atoms with Crippen molar-refractivity contribution < 1.29 is 33.8 Å². The van der Waals surface area contributed by atoms with E-state index in [1.54, 1.807) is 12.3 Å². The zero-order valence-corrected chi connectivity index (χ0v) is 16.5. The Labute approximate surface area is 171 Å². The summed E-state index contributed by atoms with van der Waals surface area (Å²) in [6.07, 6.45) is -1.86. The molecule has 0 spiro atoms. The number of phosphoric ester groups is 1. The first-order chi connectivity index (χ1) is 14.3. The van der Waals surface area contributed by atoms with Crippen molar-refractivity contribution in [2.75, 3.05) is 11.9 Å². The fourth-order valence-electron chi connectivity index (χ4n) is 3.37. The van der Waals surface area contributed by atoms with Gasteiger partial charge in [-0.25, -0.2) is 14.5 Å². The Morgan fingerprint density at radius 2 is 1.90 bits per heavy atom. The summed E-state index contributed by atoms with van der Waals surface area (Å²) in [6, 6.07) is 11.6. The molecular weight excluding hydrogens is 415 g/mol. The molecule has 2 aromatic heterocycles. The minimum Gasteiger partial charge on any atom is -0.387 e. The van der Waals surface area contributed by atoms with Crippen LogP contribution in [0.2, 0.25) is 0 Å². The smallest absolute Gasteiger partial charge is 0.387 e. The van der Waals surface area contributed by atoms with Gasteiger partial charge in [0.2, 0.25) is 0 Å². The monoisotopic (exact) mass is 436 g/mol. The number of fused-ring (bicyclic) bond motifs is 1. The number of nitrogens with zero attached hydrogens (tertiary/aromatic N) is 3. The Bertz CT molecular complexity index is 1060. The zero-order valence-electron chi connectivity index (χ0n) is 15.6. The van der Waals surface area contributed by atoms with E-state index in [2.05, 4.69) is 19.8 Å². The van der Waals surface area contributed by atoms with Crippen molar-refractivity contribution >= 4 is 24.7 Å². The highest BCUT2D eigenvalue weighted by Gasteiger charge is 2.45. The Balaban J connectivity index is 1.54. The first-order valence-electron chi connectivity index (χ1n) is 9.14. The molecule has 1 aliphatic heterocycles. The number of aromatic nitrogens is 3. The molecule has 160 valence electrons. The van der Waals surface area contributed by atoms with Crippen LogP contribution in [0.15, 0.2) is 48.9 Å². The van der Waals surface area contributed by atoms with Crippen LogP contribution in [-0.4, -0.2) is 59.5 Å². The van der Waals surface area contributed by atoms with E-state index >= 15 is 0 Å². The van der Waals surface area contributed by atoms with E-state index in [9.17, 15) is 14.8 Å². The second kappa shape index (κ2) is 8.40. The Morgan fingerprint density at radius 1 is 1.13 bits per heavy atom. The van der Waals surface area contributed by atoms with Crippen molar-refractivity contribution in [2.45, 2.75) is 31.1 Å². The highest BCUT2D eigenvalue weighted by molar-refractivity contribution is 7.46. The van der Waals surface area contributed by atoms with Crippen LogP contribution in [0.5, 0.6) is 0 Å². The summed E-state index contributed by atoms with van der Waals surface area (Å²) in [5.41, 5.74) is 1.54. The van der Waals surface area contributed by atoms with Gasteiger partial charge in [0.25, 0.3) is 0 Å². The van der Waals surface area contributed by atoms with Gasteiger partial charge in [0.15, 0.2) is 6.23 Å². The van der Waals surface area contributed by atoms with Crippen molar-refractivity contribution in [1.29, 1.82) is 0 Å². The predicted octanol–water partition coefficient (Wildman–Crippen LogP) is 0.772. The van der Waals surface area contributed by atoms with Crippen LogP contribution in [0, 0.1) is 0 Å². The molecular formula is C18H21N4O7P. The molecule has 3 aromatic rings. The highest BCUT2D eigenvalue weighted by atomic mass is 31.2. The maximum absolute atomic E-state index is 10.9. The molecule has 1 aromatic carbocycles. The molecule has 5 N–H and O–H groups in total. The van der Waals surface area contributed by atoms with E-state index in [1.165, 1.54) is 10.9 Å². The standard InChI is InChI=1S/C18H21N4O7P/c23-14-13(9-28-30(25,26)27)29-18(15(14)24)22-7-6-12-16(20-10-21-17(12)22)19-8-11-4-2-1-3-5-11/h1-7,10,13-15,18,23-24H,8-9H2,(H,19,20,21)(H2,25,26,27). The summed E-state index contributed by atoms with van der Waals surface area (Å²) in [5, 5.41) is 24.5. The van der Waals surface area contributed by atoms with Gasteiger partial charge in [0.05, 0.1) is 12.0 Å². The molecule has 12 heteroatoms. The van der Waals surface area contributed by atoms with Gasteiger partial charge in [-0.1, -0.05) is 30.3 Å². The number of aliphatic hydroxyl groups excluding tert-OH is 2. The third-order valence-electron chi connectivity index (χ3n) is 4.83. The van der Waals surface area contributed by atoms with Gasteiger partial charge in [-0.15, -0.1) is 0 Å². The predicted molar refractivity (Wildman–Crippen MR) is 105 cm³/mol. The lowest BCUT2D eigenvalue weighted by Gasteiger charge is -2.17.